The van der Waals surface area contributed by atoms with Crippen molar-refractivity contribution in [2.45, 2.75) is 19.4 Å². The van der Waals surface area contributed by atoms with Crippen LogP contribution in [-0.4, -0.2) is 27.0 Å². The SMILES string of the molecule is CCc1nn(C)c(-c2nc(C(N)c3ccc(OC)cc3)no2)c1Cl. The highest BCUT2D eigenvalue weighted by Gasteiger charge is 2.23. The van der Waals surface area contributed by atoms with Crippen LogP contribution in [0.5, 0.6) is 5.75 Å². The average Bonchev–Trinajstić information content (AvgIpc) is 3.18. The molecule has 24 heavy (non-hydrogen) atoms. The molecule has 0 aliphatic heterocycles. The largest absolute Gasteiger partial charge is 0.497 e. The van der Waals surface area contributed by atoms with Gasteiger partial charge in [-0.3, -0.25) is 4.68 Å². The third kappa shape index (κ3) is 2.88. The van der Waals surface area contributed by atoms with E-state index in [9.17, 15) is 0 Å². The lowest BCUT2D eigenvalue weighted by Crippen LogP contribution is -2.13. The summed E-state index contributed by atoms with van der Waals surface area (Å²) < 4.78 is 12.1. The monoisotopic (exact) mass is 347 g/mol. The topological polar surface area (TPSA) is 92.0 Å². The summed E-state index contributed by atoms with van der Waals surface area (Å²) in [7, 11) is 3.40. The van der Waals surface area contributed by atoms with Crippen LogP contribution in [0.25, 0.3) is 11.6 Å². The van der Waals surface area contributed by atoms with E-state index in [1.165, 1.54) is 0 Å². The van der Waals surface area contributed by atoms with Gasteiger partial charge >= 0.3 is 0 Å². The van der Waals surface area contributed by atoms with E-state index in [0.29, 0.717) is 22.4 Å². The van der Waals surface area contributed by atoms with E-state index in [-0.39, 0.29) is 0 Å². The molecule has 3 aromatic rings. The molecule has 8 heteroatoms. The van der Waals surface area contributed by atoms with E-state index < -0.39 is 6.04 Å². The predicted octanol–water partition coefficient (Wildman–Crippen LogP) is 2.74. The highest BCUT2D eigenvalue weighted by Crippen LogP contribution is 2.30. The van der Waals surface area contributed by atoms with Crippen molar-refractivity contribution in [3.63, 3.8) is 0 Å². The van der Waals surface area contributed by atoms with Gasteiger partial charge in [0.15, 0.2) is 5.82 Å². The van der Waals surface area contributed by atoms with E-state index in [4.69, 9.17) is 26.6 Å². The lowest BCUT2D eigenvalue weighted by molar-refractivity contribution is 0.413. The molecule has 0 saturated carbocycles. The average molecular weight is 348 g/mol. The van der Waals surface area contributed by atoms with Crippen molar-refractivity contribution in [1.82, 2.24) is 19.9 Å². The first kappa shape index (κ1) is 16.5. The Kier molecular flexibility index (Phi) is 4.55. The quantitative estimate of drug-likeness (QED) is 0.763. The number of nitrogens with zero attached hydrogens (tertiary/aromatic N) is 4. The maximum absolute atomic E-state index is 6.35. The zero-order valence-corrected chi connectivity index (χ0v) is 14.4. The van der Waals surface area contributed by atoms with Crippen molar-refractivity contribution in [1.29, 1.82) is 0 Å². The molecule has 0 bridgehead atoms. The highest BCUT2D eigenvalue weighted by atomic mass is 35.5. The second kappa shape index (κ2) is 6.62. The molecule has 1 atom stereocenters. The lowest BCUT2D eigenvalue weighted by atomic mass is 10.1. The molecule has 3 rings (SSSR count). The molecular weight excluding hydrogens is 330 g/mol. The second-order valence-corrected chi connectivity index (χ2v) is 5.67. The molecule has 0 spiro atoms. The van der Waals surface area contributed by atoms with Crippen molar-refractivity contribution >= 4 is 11.6 Å². The molecule has 0 aliphatic carbocycles. The Balaban J connectivity index is 1.91. The Morgan fingerprint density at radius 2 is 2.04 bits per heavy atom. The van der Waals surface area contributed by atoms with Gasteiger partial charge in [0, 0.05) is 7.05 Å². The van der Waals surface area contributed by atoms with Crippen molar-refractivity contribution in [3.05, 3.63) is 46.4 Å². The standard InChI is InChI=1S/C16H18ClN5O2/c1-4-11-12(17)14(22(2)20-11)16-19-15(21-24-16)13(18)9-5-7-10(23-3)8-6-9/h5-8,13H,4,18H2,1-3H3. The third-order valence-electron chi connectivity index (χ3n) is 3.79. The lowest BCUT2D eigenvalue weighted by Gasteiger charge is -2.08. The molecule has 1 unspecified atom stereocenters. The second-order valence-electron chi connectivity index (χ2n) is 5.30. The molecule has 0 saturated heterocycles. The number of nitrogens with two attached hydrogens (primary N) is 1. The van der Waals surface area contributed by atoms with Gasteiger partial charge in [0.05, 0.1) is 23.9 Å². The van der Waals surface area contributed by atoms with Gasteiger partial charge in [-0.1, -0.05) is 35.8 Å². The fourth-order valence-electron chi connectivity index (χ4n) is 2.43. The van der Waals surface area contributed by atoms with Crippen molar-refractivity contribution in [2.75, 3.05) is 7.11 Å². The first-order chi connectivity index (χ1) is 11.5. The minimum absolute atomic E-state index is 0.300. The third-order valence-corrected chi connectivity index (χ3v) is 4.19. The van der Waals surface area contributed by atoms with Gasteiger partial charge in [-0.05, 0) is 24.1 Å². The fourth-order valence-corrected chi connectivity index (χ4v) is 2.80. The number of rotatable bonds is 5. The van der Waals surface area contributed by atoms with Gasteiger partial charge in [0.25, 0.3) is 5.89 Å². The number of methoxy groups -OCH3 is 1. The van der Waals surface area contributed by atoms with Crippen molar-refractivity contribution < 1.29 is 9.26 Å². The Morgan fingerprint density at radius 1 is 1.33 bits per heavy atom. The summed E-state index contributed by atoms with van der Waals surface area (Å²) in [5.41, 5.74) is 8.46. The molecule has 0 amide bonds. The zero-order chi connectivity index (χ0) is 17.3. The van der Waals surface area contributed by atoms with Crippen LogP contribution in [-0.2, 0) is 13.5 Å². The van der Waals surface area contributed by atoms with Crippen LogP contribution in [0.3, 0.4) is 0 Å². The van der Waals surface area contributed by atoms with Gasteiger partial charge in [-0.2, -0.15) is 10.1 Å². The molecular formula is C16H18ClN5O2. The van der Waals surface area contributed by atoms with E-state index >= 15 is 0 Å². The van der Waals surface area contributed by atoms with Crippen LogP contribution >= 0.6 is 11.6 Å². The summed E-state index contributed by atoms with van der Waals surface area (Å²) in [6.07, 6.45) is 0.721. The zero-order valence-electron chi connectivity index (χ0n) is 13.7. The molecule has 1 aromatic carbocycles. The molecule has 2 N–H and O–H groups in total. The highest BCUT2D eigenvalue weighted by molar-refractivity contribution is 6.33. The number of aromatic nitrogens is 4. The molecule has 2 heterocycles. The summed E-state index contributed by atoms with van der Waals surface area (Å²) in [5, 5.41) is 8.86. The van der Waals surface area contributed by atoms with Gasteiger partial charge in [-0.25, -0.2) is 0 Å². The number of aryl methyl sites for hydroxylation is 2. The first-order valence-corrected chi connectivity index (χ1v) is 7.87. The molecule has 0 aliphatic rings. The van der Waals surface area contributed by atoms with Crippen LogP contribution in [0.1, 0.15) is 30.0 Å². The molecule has 0 radical (unpaired) electrons. The van der Waals surface area contributed by atoms with E-state index in [1.54, 1.807) is 18.8 Å². The Bertz CT molecular complexity index is 841. The Morgan fingerprint density at radius 3 is 2.62 bits per heavy atom. The molecule has 2 aromatic heterocycles. The molecule has 126 valence electrons. The normalized spacial score (nSPS) is 12.4. The smallest absolute Gasteiger partial charge is 0.277 e. The molecule has 0 fully saturated rings. The number of hydrogen-bond acceptors (Lipinski definition) is 6. The van der Waals surface area contributed by atoms with Crippen molar-refractivity contribution in [3.8, 4) is 17.3 Å². The number of ether oxygens (including phenoxy) is 1. The fraction of sp³-hybridized carbons (Fsp3) is 0.312. The van der Waals surface area contributed by atoms with Crippen LogP contribution in [0.2, 0.25) is 5.02 Å². The summed E-state index contributed by atoms with van der Waals surface area (Å²) in [4.78, 5) is 4.39. The maximum Gasteiger partial charge on any atom is 0.277 e. The van der Waals surface area contributed by atoms with E-state index in [1.807, 2.05) is 31.2 Å². The number of halogens is 1. The number of benzene rings is 1. The molecule has 7 nitrogen and oxygen atoms in total. The first-order valence-electron chi connectivity index (χ1n) is 7.50. The van der Waals surface area contributed by atoms with Crippen LogP contribution < -0.4 is 10.5 Å². The predicted molar refractivity (Wildman–Crippen MR) is 89.9 cm³/mol. The van der Waals surface area contributed by atoms with Crippen LogP contribution in [0, 0.1) is 0 Å². The number of hydrogen-bond donors (Lipinski definition) is 1. The van der Waals surface area contributed by atoms with Crippen LogP contribution in [0.15, 0.2) is 28.8 Å². The Hall–Kier alpha value is -2.38. The van der Waals surface area contributed by atoms with E-state index in [0.717, 1.165) is 23.4 Å². The summed E-state index contributed by atoms with van der Waals surface area (Å²) in [6, 6.07) is 6.90. The van der Waals surface area contributed by atoms with Gasteiger partial charge in [-0.15, -0.1) is 0 Å². The van der Waals surface area contributed by atoms with Gasteiger partial charge < -0.3 is 15.0 Å². The maximum atomic E-state index is 6.35. The minimum atomic E-state index is -0.508. The van der Waals surface area contributed by atoms with Gasteiger partial charge in [0.1, 0.15) is 11.4 Å². The summed E-state index contributed by atoms with van der Waals surface area (Å²) in [6.45, 7) is 1.98. The summed E-state index contributed by atoms with van der Waals surface area (Å²) >= 11 is 6.35. The van der Waals surface area contributed by atoms with E-state index in [2.05, 4.69) is 15.2 Å². The Labute approximate surface area is 144 Å². The van der Waals surface area contributed by atoms with Crippen LogP contribution in [0.4, 0.5) is 0 Å². The van der Waals surface area contributed by atoms with Gasteiger partial charge in [0.2, 0.25) is 0 Å². The van der Waals surface area contributed by atoms with Crippen molar-refractivity contribution in [2.24, 2.45) is 12.8 Å². The summed E-state index contributed by atoms with van der Waals surface area (Å²) in [5.74, 6) is 1.44. The minimum Gasteiger partial charge on any atom is -0.497 e.